The molecule has 0 fully saturated rings. The molecule has 0 aromatic heterocycles. The number of hydrogen-bond donors (Lipinski definition) is 3. The van der Waals surface area contributed by atoms with Crippen molar-refractivity contribution in [3.63, 3.8) is 0 Å². The Morgan fingerprint density at radius 3 is 2.72 bits per heavy atom. The minimum Gasteiger partial charge on any atom is -0.480 e. The number of carbonyl (C=O) groups excluding carboxylic acids is 1. The van der Waals surface area contributed by atoms with Crippen LogP contribution >= 0.6 is 15.9 Å². The Hall–Kier alpha value is -1.66. The molecule has 1 amide bonds. The highest BCUT2D eigenvalue weighted by Crippen LogP contribution is 2.12. The van der Waals surface area contributed by atoms with Crippen molar-refractivity contribution >= 4 is 33.9 Å². The molecule has 0 spiro atoms. The van der Waals surface area contributed by atoms with Gasteiger partial charge in [-0.05, 0) is 23.8 Å². The Morgan fingerprint density at radius 1 is 1.44 bits per heavy atom. The van der Waals surface area contributed by atoms with E-state index in [0.717, 1.165) is 10.0 Å². The third-order valence-corrected chi connectivity index (χ3v) is 2.57. The molecule has 0 aliphatic carbocycles. The molecule has 1 rings (SSSR count). The summed E-state index contributed by atoms with van der Waals surface area (Å²) in [5.74, 6) is -1.85. The average molecular weight is 314 g/mol. The molecule has 0 saturated heterocycles. The Morgan fingerprint density at radius 2 is 2.17 bits per heavy atom. The maximum absolute atomic E-state index is 11.4. The second-order valence-corrected chi connectivity index (χ2v) is 4.39. The third-order valence-electron chi connectivity index (χ3n) is 2.07. The van der Waals surface area contributed by atoms with E-state index >= 15 is 0 Å². The van der Waals surface area contributed by atoms with Crippen molar-refractivity contribution in [1.29, 1.82) is 0 Å². The number of aliphatic hydroxyl groups excluding tert-OH is 1. The Kier molecular flexibility index (Phi) is 5.54. The molecule has 1 atom stereocenters. The van der Waals surface area contributed by atoms with Gasteiger partial charge in [0.15, 0.2) is 6.04 Å². The predicted molar refractivity (Wildman–Crippen MR) is 69.8 cm³/mol. The van der Waals surface area contributed by atoms with Crippen LogP contribution in [0.3, 0.4) is 0 Å². The van der Waals surface area contributed by atoms with Gasteiger partial charge in [0.05, 0.1) is 6.61 Å². The van der Waals surface area contributed by atoms with Crippen LogP contribution in [0.2, 0.25) is 0 Å². The average Bonchev–Trinajstić information content (AvgIpc) is 2.33. The van der Waals surface area contributed by atoms with Crippen molar-refractivity contribution in [1.82, 2.24) is 5.32 Å². The number of aliphatic hydroxyl groups is 1. The van der Waals surface area contributed by atoms with Gasteiger partial charge in [-0.3, -0.25) is 4.79 Å². The molecule has 18 heavy (non-hydrogen) atoms. The standard InChI is InChI=1S/C12H12BrNO4/c13-9-3-1-2-8(6-9)4-5-11(16)14-10(7-15)12(17)18/h1-6,10,15H,7H2,(H,14,16)(H,17,18)/b5-4+/t10-/m1/s1. The van der Waals surface area contributed by atoms with Crippen LogP contribution in [0.15, 0.2) is 34.8 Å². The molecule has 5 nitrogen and oxygen atoms in total. The summed E-state index contributed by atoms with van der Waals surface area (Å²) >= 11 is 3.29. The minimum absolute atomic E-state index is 0.573. The molecule has 1 aromatic rings. The van der Waals surface area contributed by atoms with Crippen molar-refractivity contribution in [2.45, 2.75) is 6.04 Å². The molecule has 96 valence electrons. The minimum atomic E-state index is -1.29. The number of aliphatic carboxylic acids is 1. The second kappa shape index (κ2) is 6.93. The highest BCUT2D eigenvalue weighted by molar-refractivity contribution is 9.10. The van der Waals surface area contributed by atoms with Gasteiger partial charge in [0, 0.05) is 10.5 Å². The molecular formula is C12H12BrNO4. The Bertz CT molecular complexity index is 473. The van der Waals surface area contributed by atoms with E-state index in [-0.39, 0.29) is 0 Å². The molecular weight excluding hydrogens is 302 g/mol. The maximum atomic E-state index is 11.4. The normalized spacial score (nSPS) is 12.3. The summed E-state index contributed by atoms with van der Waals surface area (Å²) in [5.41, 5.74) is 0.801. The third kappa shape index (κ3) is 4.68. The SMILES string of the molecule is O=C(/C=C/c1cccc(Br)c1)N[C@H](CO)C(=O)O. The summed E-state index contributed by atoms with van der Waals surface area (Å²) in [4.78, 5) is 22.0. The number of amides is 1. The fourth-order valence-electron chi connectivity index (χ4n) is 1.19. The Balaban J connectivity index is 2.62. The zero-order valence-electron chi connectivity index (χ0n) is 9.34. The summed E-state index contributed by atoms with van der Waals surface area (Å²) in [6, 6.07) is 5.99. The molecule has 0 unspecified atom stereocenters. The van der Waals surface area contributed by atoms with Crippen molar-refractivity contribution in [3.05, 3.63) is 40.4 Å². The van der Waals surface area contributed by atoms with Gasteiger partial charge in [0.25, 0.3) is 0 Å². The predicted octanol–water partition coefficient (Wildman–Crippen LogP) is 1.02. The summed E-state index contributed by atoms with van der Waals surface area (Å²) in [6.07, 6.45) is 2.77. The van der Waals surface area contributed by atoms with Crippen LogP contribution in [0, 0.1) is 0 Å². The number of benzene rings is 1. The van der Waals surface area contributed by atoms with Crippen LogP contribution in [0.4, 0.5) is 0 Å². The van der Waals surface area contributed by atoms with E-state index < -0.39 is 24.5 Å². The van der Waals surface area contributed by atoms with Gasteiger partial charge in [-0.25, -0.2) is 4.79 Å². The summed E-state index contributed by atoms with van der Waals surface area (Å²) in [6.45, 7) is -0.647. The van der Waals surface area contributed by atoms with Crippen LogP contribution in [-0.4, -0.2) is 34.7 Å². The molecule has 0 bridgehead atoms. The van der Waals surface area contributed by atoms with Crippen molar-refractivity contribution < 1.29 is 19.8 Å². The van der Waals surface area contributed by atoms with E-state index in [1.54, 1.807) is 12.1 Å². The van der Waals surface area contributed by atoms with E-state index in [1.807, 2.05) is 18.2 Å². The van der Waals surface area contributed by atoms with Crippen LogP contribution in [0.1, 0.15) is 5.56 Å². The molecule has 6 heteroatoms. The van der Waals surface area contributed by atoms with E-state index in [2.05, 4.69) is 21.2 Å². The van der Waals surface area contributed by atoms with Crippen molar-refractivity contribution in [2.24, 2.45) is 0 Å². The first-order valence-electron chi connectivity index (χ1n) is 5.10. The number of nitrogens with one attached hydrogen (secondary N) is 1. The second-order valence-electron chi connectivity index (χ2n) is 3.47. The van der Waals surface area contributed by atoms with Gasteiger partial charge in [-0.2, -0.15) is 0 Å². The lowest BCUT2D eigenvalue weighted by Gasteiger charge is -2.09. The number of halogens is 1. The highest BCUT2D eigenvalue weighted by Gasteiger charge is 2.16. The maximum Gasteiger partial charge on any atom is 0.328 e. The molecule has 1 aromatic carbocycles. The first-order chi connectivity index (χ1) is 8.52. The van der Waals surface area contributed by atoms with Crippen LogP contribution < -0.4 is 5.32 Å². The van der Waals surface area contributed by atoms with Crippen LogP contribution in [-0.2, 0) is 9.59 Å². The van der Waals surface area contributed by atoms with Crippen LogP contribution in [0.5, 0.6) is 0 Å². The van der Waals surface area contributed by atoms with E-state index in [1.165, 1.54) is 6.08 Å². The van der Waals surface area contributed by atoms with E-state index in [9.17, 15) is 9.59 Å². The first kappa shape index (κ1) is 14.4. The fourth-order valence-corrected chi connectivity index (χ4v) is 1.60. The van der Waals surface area contributed by atoms with Gasteiger partial charge in [0.2, 0.25) is 5.91 Å². The molecule has 0 aliphatic heterocycles. The molecule has 0 aliphatic rings. The number of carbonyl (C=O) groups is 2. The number of rotatable bonds is 5. The Labute approximate surface area is 112 Å². The topological polar surface area (TPSA) is 86.6 Å². The van der Waals surface area contributed by atoms with Crippen LogP contribution in [0.25, 0.3) is 6.08 Å². The quantitative estimate of drug-likeness (QED) is 0.708. The van der Waals surface area contributed by atoms with Crippen molar-refractivity contribution in [2.75, 3.05) is 6.61 Å². The van der Waals surface area contributed by atoms with E-state index in [0.29, 0.717) is 0 Å². The number of carboxylic acids is 1. The van der Waals surface area contributed by atoms with Gasteiger partial charge < -0.3 is 15.5 Å². The monoisotopic (exact) mass is 313 g/mol. The largest absolute Gasteiger partial charge is 0.480 e. The molecule has 0 saturated carbocycles. The lowest BCUT2D eigenvalue weighted by molar-refractivity contribution is -0.142. The van der Waals surface area contributed by atoms with E-state index in [4.69, 9.17) is 10.2 Å². The molecule has 0 heterocycles. The summed E-state index contributed by atoms with van der Waals surface area (Å²) in [5, 5.41) is 19.5. The molecule has 0 radical (unpaired) electrons. The smallest absolute Gasteiger partial charge is 0.328 e. The van der Waals surface area contributed by atoms with Gasteiger partial charge >= 0.3 is 5.97 Å². The lowest BCUT2D eigenvalue weighted by atomic mass is 10.2. The lowest BCUT2D eigenvalue weighted by Crippen LogP contribution is -2.42. The number of hydrogen-bond acceptors (Lipinski definition) is 3. The number of carboxylic acid groups (broad SMARTS) is 1. The summed E-state index contributed by atoms with van der Waals surface area (Å²) < 4.78 is 0.879. The van der Waals surface area contributed by atoms with Gasteiger partial charge in [-0.15, -0.1) is 0 Å². The zero-order valence-corrected chi connectivity index (χ0v) is 10.9. The van der Waals surface area contributed by atoms with Gasteiger partial charge in [0.1, 0.15) is 0 Å². The first-order valence-corrected chi connectivity index (χ1v) is 5.90. The fraction of sp³-hybridized carbons (Fsp3) is 0.167. The van der Waals surface area contributed by atoms with Crippen molar-refractivity contribution in [3.8, 4) is 0 Å². The summed E-state index contributed by atoms with van der Waals surface area (Å²) in [7, 11) is 0. The zero-order chi connectivity index (χ0) is 13.5. The highest BCUT2D eigenvalue weighted by atomic mass is 79.9. The van der Waals surface area contributed by atoms with Gasteiger partial charge in [-0.1, -0.05) is 28.1 Å². The molecule has 3 N–H and O–H groups in total.